The largest absolute Gasteiger partial charge is 0.369 e. The Kier molecular flexibility index (Phi) is 6.16. The molecule has 0 spiro atoms. The van der Waals surface area contributed by atoms with E-state index in [1.807, 2.05) is 30.3 Å². The van der Waals surface area contributed by atoms with E-state index in [4.69, 9.17) is 39.9 Å². The van der Waals surface area contributed by atoms with Crippen LogP contribution in [0.2, 0.25) is 15.1 Å². The molecule has 1 aromatic heterocycles. The zero-order valence-corrected chi connectivity index (χ0v) is 19.5. The Balaban J connectivity index is 1.18. The van der Waals surface area contributed by atoms with E-state index in [0.717, 1.165) is 54.6 Å². The topological polar surface area (TPSA) is 24.3 Å². The number of hydrogen-bond donors (Lipinski definition) is 0. The highest BCUT2D eigenvalue weighted by Gasteiger charge is 2.32. The first-order valence-electron chi connectivity index (χ1n) is 10.8. The molecule has 31 heavy (non-hydrogen) atoms. The van der Waals surface area contributed by atoms with Crippen LogP contribution >= 0.6 is 34.8 Å². The van der Waals surface area contributed by atoms with E-state index in [2.05, 4.69) is 38.9 Å². The minimum Gasteiger partial charge on any atom is -0.369 e. The maximum absolute atomic E-state index is 6.20. The molecule has 0 bridgehead atoms. The van der Waals surface area contributed by atoms with Crippen molar-refractivity contribution in [1.29, 1.82) is 0 Å². The van der Waals surface area contributed by atoms with Gasteiger partial charge >= 0.3 is 0 Å². The van der Waals surface area contributed by atoms with Gasteiger partial charge in [-0.2, -0.15) is 5.10 Å². The van der Waals surface area contributed by atoms with Gasteiger partial charge in [-0.3, -0.25) is 9.58 Å². The average Bonchev–Trinajstić information content (AvgIpc) is 3.46. The number of nitrogens with zero attached hydrogens (tertiary/aromatic N) is 4. The molecule has 0 amide bonds. The molecular formula is C24H25Cl3N4. The van der Waals surface area contributed by atoms with E-state index in [-0.39, 0.29) is 0 Å². The van der Waals surface area contributed by atoms with Crippen LogP contribution in [-0.2, 0) is 0 Å². The van der Waals surface area contributed by atoms with Gasteiger partial charge in [-0.15, -0.1) is 0 Å². The van der Waals surface area contributed by atoms with E-state index in [9.17, 15) is 0 Å². The van der Waals surface area contributed by atoms with Gasteiger partial charge in [-0.25, -0.2) is 0 Å². The molecule has 5 rings (SSSR count). The highest BCUT2D eigenvalue weighted by atomic mass is 35.5. The summed E-state index contributed by atoms with van der Waals surface area (Å²) in [6.45, 7) is 4.18. The summed E-state index contributed by atoms with van der Waals surface area (Å²) in [4.78, 5) is 5.05. The molecule has 2 atom stereocenters. The lowest BCUT2D eigenvalue weighted by molar-refractivity contribution is 0.183. The predicted molar refractivity (Wildman–Crippen MR) is 130 cm³/mol. The Labute approximate surface area is 198 Å². The van der Waals surface area contributed by atoms with Crippen molar-refractivity contribution >= 4 is 40.5 Å². The lowest BCUT2D eigenvalue weighted by Gasteiger charge is -2.39. The van der Waals surface area contributed by atoms with E-state index >= 15 is 0 Å². The number of piperazine rings is 1. The molecule has 162 valence electrons. The molecule has 1 aliphatic heterocycles. The summed E-state index contributed by atoms with van der Waals surface area (Å²) >= 11 is 18.4. The average molecular weight is 476 g/mol. The first-order chi connectivity index (χ1) is 15.1. The highest BCUT2D eigenvalue weighted by molar-refractivity contribution is 6.42. The molecule has 1 saturated carbocycles. The molecule has 2 fully saturated rings. The second-order valence-corrected chi connectivity index (χ2v) is 9.68. The molecule has 2 heterocycles. The number of halogens is 3. The summed E-state index contributed by atoms with van der Waals surface area (Å²) in [5.41, 5.74) is 3.21. The van der Waals surface area contributed by atoms with E-state index in [0.29, 0.717) is 22.1 Å². The summed E-state index contributed by atoms with van der Waals surface area (Å²) in [5.74, 6) is 0. The van der Waals surface area contributed by atoms with Crippen LogP contribution < -0.4 is 4.90 Å². The monoisotopic (exact) mass is 474 g/mol. The van der Waals surface area contributed by atoms with Crippen molar-refractivity contribution in [2.75, 3.05) is 31.1 Å². The van der Waals surface area contributed by atoms with Gasteiger partial charge in [-0.05, 0) is 55.7 Å². The first kappa shape index (κ1) is 21.1. The number of hydrogen-bond acceptors (Lipinski definition) is 3. The van der Waals surface area contributed by atoms with Crippen molar-refractivity contribution in [3.63, 3.8) is 0 Å². The minimum absolute atomic E-state index is 0.464. The van der Waals surface area contributed by atoms with E-state index in [1.54, 1.807) is 0 Å². The maximum atomic E-state index is 6.20. The minimum atomic E-state index is 0.464. The van der Waals surface area contributed by atoms with Crippen LogP contribution in [0, 0.1) is 0 Å². The van der Waals surface area contributed by atoms with Crippen molar-refractivity contribution in [2.45, 2.75) is 31.3 Å². The Morgan fingerprint density at radius 1 is 0.806 bits per heavy atom. The maximum Gasteiger partial charge on any atom is 0.0923 e. The molecule has 0 N–H and O–H groups in total. The number of rotatable bonds is 4. The predicted octanol–water partition coefficient (Wildman–Crippen LogP) is 6.43. The van der Waals surface area contributed by atoms with Gasteiger partial charge in [0.2, 0.25) is 0 Å². The smallest absolute Gasteiger partial charge is 0.0923 e. The van der Waals surface area contributed by atoms with Crippen molar-refractivity contribution in [3.8, 4) is 11.3 Å². The summed E-state index contributed by atoms with van der Waals surface area (Å²) in [6, 6.07) is 17.0. The zero-order valence-electron chi connectivity index (χ0n) is 17.2. The lowest BCUT2D eigenvalue weighted by atomic mass is 10.1. The number of benzene rings is 2. The van der Waals surface area contributed by atoms with E-state index in [1.165, 1.54) is 12.8 Å². The van der Waals surface area contributed by atoms with Gasteiger partial charge in [0.05, 0.1) is 21.8 Å². The molecule has 2 aliphatic rings. The molecule has 1 saturated heterocycles. The molecule has 7 heteroatoms. The van der Waals surface area contributed by atoms with Gasteiger partial charge in [0.1, 0.15) is 0 Å². The third kappa shape index (κ3) is 4.58. The van der Waals surface area contributed by atoms with Crippen molar-refractivity contribution in [1.82, 2.24) is 14.7 Å². The fourth-order valence-electron chi connectivity index (χ4n) is 4.88. The van der Waals surface area contributed by atoms with Gasteiger partial charge in [0.15, 0.2) is 0 Å². The van der Waals surface area contributed by atoms with Crippen LogP contribution in [0.3, 0.4) is 0 Å². The zero-order chi connectivity index (χ0) is 21.4. The van der Waals surface area contributed by atoms with Gasteiger partial charge in [0.25, 0.3) is 0 Å². The van der Waals surface area contributed by atoms with Crippen LogP contribution in [0.4, 0.5) is 5.69 Å². The summed E-state index contributed by atoms with van der Waals surface area (Å²) < 4.78 is 2.15. The Bertz CT molecular complexity index is 1060. The van der Waals surface area contributed by atoms with Crippen LogP contribution in [0.5, 0.6) is 0 Å². The molecular weight excluding hydrogens is 451 g/mol. The van der Waals surface area contributed by atoms with Crippen LogP contribution in [-0.4, -0.2) is 46.9 Å². The quantitative estimate of drug-likeness (QED) is 0.435. The van der Waals surface area contributed by atoms with E-state index < -0.39 is 0 Å². The highest BCUT2D eigenvalue weighted by Crippen LogP contribution is 2.35. The first-order valence-corrected chi connectivity index (χ1v) is 12.0. The summed E-state index contributed by atoms with van der Waals surface area (Å²) in [7, 11) is 0. The second kappa shape index (κ2) is 9.03. The summed E-state index contributed by atoms with van der Waals surface area (Å²) in [6.07, 6.45) is 5.67. The second-order valence-electron chi connectivity index (χ2n) is 8.43. The van der Waals surface area contributed by atoms with Crippen molar-refractivity contribution in [2.24, 2.45) is 0 Å². The standard InChI is InChI=1S/C24H25Cl3N4/c25-18-3-1-2-17(14-18)24-8-9-31(28-24)21-5-4-19(15-21)29-10-12-30(13-11-29)20-6-7-22(26)23(27)16-20/h1-3,6-9,14,16,19,21H,4-5,10-13,15H2. The fourth-order valence-corrected chi connectivity index (χ4v) is 5.36. The number of anilines is 1. The third-order valence-electron chi connectivity index (χ3n) is 6.58. The van der Waals surface area contributed by atoms with Crippen LogP contribution in [0.15, 0.2) is 54.7 Å². The molecule has 2 aromatic carbocycles. The number of aromatic nitrogens is 2. The molecule has 0 radical (unpaired) electrons. The summed E-state index contributed by atoms with van der Waals surface area (Å²) in [5, 5.41) is 6.83. The third-order valence-corrected chi connectivity index (χ3v) is 7.55. The van der Waals surface area contributed by atoms with Gasteiger partial charge in [0, 0.05) is 54.7 Å². The molecule has 1 aliphatic carbocycles. The molecule has 3 aromatic rings. The van der Waals surface area contributed by atoms with Crippen LogP contribution in [0.25, 0.3) is 11.3 Å². The Hall–Kier alpha value is -1.72. The molecule has 4 nitrogen and oxygen atoms in total. The van der Waals surface area contributed by atoms with Crippen molar-refractivity contribution < 1.29 is 0 Å². The SMILES string of the molecule is Clc1cccc(-c2ccn(C3CCC(N4CCN(c5ccc(Cl)c(Cl)c5)CC4)C3)n2)c1. The van der Waals surface area contributed by atoms with Crippen molar-refractivity contribution in [3.05, 3.63) is 69.8 Å². The molecule has 2 unspecified atom stereocenters. The van der Waals surface area contributed by atoms with Gasteiger partial charge in [-0.1, -0.05) is 46.9 Å². The van der Waals surface area contributed by atoms with Gasteiger partial charge < -0.3 is 4.90 Å². The Morgan fingerprint density at radius 3 is 2.39 bits per heavy atom. The Morgan fingerprint density at radius 2 is 1.61 bits per heavy atom. The fraction of sp³-hybridized carbons (Fsp3) is 0.375. The normalized spacial score (nSPS) is 22.2. The lowest BCUT2D eigenvalue weighted by Crippen LogP contribution is -2.49. The van der Waals surface area contributed by atoms with Crippen LogP contribution in [0.1, 0.15) is 25.3 Å².